The zero-order chi connectivity index (χ0) is 20.4. The molecule has 0 saturated heterocycles. The summed E-state index contributed by atoms with van der Waals surface area (Å²) in [4.78, 5) is 35.1. The van der Waals surface area contributed by atoms with Gasteiger partial charge in [-0.15, -0.1) is 0 Å². The highest BCUT2D eigenvalue weighted by Gasteiger charge is 2.44. The van der Waals surface area contributed by atoms with Crippen LogP contribution in [0.25, 0.3) is 0 Å². The Morgan fingerprint density at radius 2 is 1.46 bits per heavy atom. The second kappa shape index (κ2) is 10.1. The van der Waals surface area contributed by atoms with Crippen LogP contribution in [-0.4, -0.2) is 32.1 Å². The Balaban J connectivity index is 2.21. The number of anilines is 1. The number of nitrogens with one attached hydrogen (secondary N) is 1. The lowest BCUT2D eigenvalue weighted by Gasteiger charge is -2.24. The highest BCUT2D eigenvalue weighted by molar-refractivity contribution is 6.06. The van der Waals surface area contributed by atoms with E-state index < -0.39 is 17.4 Å². The lowest BCUT2D eigenvalue weighted by Crippen LogP contribution is -2.33. The van der Waals surface area contributed by atoms with Gasteiger partial charge in [0, 0.05) is 17.8 Å². The Hall–Kier alpha value is -3.41. The van der Waals surface area contributed by atoms with Crippen molar-refractivity contribution >= 4 is 23.5 Å². The van der Waals surface area contributed by atoms with Gasteiger partial charge in [-0.2, -0.15) is 0 Å². The van der Waals surface area contributed by atoms with Crippen molar-refractivity contribution in [1.29, 1.82) is 0 Å². The van der Waals surface area contributed by atoms with Crippen molar-refractivity contribution in [2.45, 2.75) is 18.3 Å². The first kappa shape index (κ1) is 20.9. The van der Waals surface area contributed by atoms with Gasteiger partial charge in [-0.05, 0) is 24.5 Å². The van der Waals surface area contributed by atoms with E-state index in [2.05, 4.69) is 14.8 Å². The van der Waals surface area contributed by atoms with E-state index in [1.54, 1.807) is 24.3 Å². The predicted octanol–water partition coefficient (Wildman–Crippen LogP) is 3.23. The molecule has 6 nitrogen and oxygen atoms in total. The molecule has 1 amide bonds. The summed E-state index contributed by atoms with van der Waals surface area (Å²) in [5, 5.41) is 2.93. The van der Waals surface area contributed by atoms with Crippen LogP contribution in [0.4, 0.5) is 5.69 Å². The molecule has 1 aliphatic rings. The average molecular weight is 381 g/mol. The zero-order valence-electron chi connectivity index (χ0n) is 15.9. The van der Waals surface area contributed by atoms with E-state index in [-0.39, 0.29) is 5.91 Å². The number of carbonyl (C=O) groups is 3. The Bertz CT molecular complexity index is 810. The van der Waals surface area contributed by atoms with Gasteiger partial charge in [-0.25, -0.2) is 9.59 Å². The van der Waals surface area contributed by atoms with Crippen molar-refractivity contribution in [3.05, 3.63) is 78.4 Å². The maximum Gasteiger partial charge on any atom is 0.330 e. The van der Waals surface area contributed by atoms with Gasteiger partial charge in [0.15, 0.2) is 0 Å². The molecule has 0 aromatic heterocycles. The van der Waals surface area contributed by atoms with Crippen LogP contribution in [0.15, 0.2) is 72.9 Å². The van der Waals surface area contributed by atoms with Crippen LogP contribution in [0.1, 0.15) is 18.4 Å². The zero-order valence-corrected chi connectivity index (χ0v) is 15.9. The fourth-order valence-corrected chi connectivity index (χ4v) is 2.96. The van der Waals surface area contributed by atoms with E-state index in [4.69, 9.17) is 0 Å². The van der Waals surface area contributed by atoms with Gasteiger partial charge in [0.1, 0.15) is 0 Å². The quantitative estimate of drug-likeness (QED) is 0.425. The second-order valence-electron chi connectivity index (χ2n) is 6.11. The van der Waals surface area contributed by atoms with E-state index in [0.717, 1.165) is 11.3 Å². The number of esters is 2. The van der Waals surface area contributed by atoms with E-state index in [1.165, 1.54) is 26.4 Å². The van der Waals surface area contributed by atoms with Gasteiger partial charge >= 0.3 is 11.9 Å². The van der Waals surface area contributed by atoms with E-state index in [1.807, 2.05) is 36.4 Å². The number of fused-ring (bicyclic) bond motifs is 1. The summed E-state index contributed by atoms with van der Waals surface area (Å²) in [5.74, 6) is -0.968. The number of benzene rings is 1. The molecule has 0 spiro atoms. The normalized spacial score (nSPS) is 15.4. The molecule has 1 aromatic carbocycles. The van der Waals surface area contributed by atoms with Crippen LogP contribution in [-0.2, 0) is 29.3 Å². The maximum absolute atomic E-state index is 12.8. The number of hydrogen-bond acceptors (Lipinski definition) is 5. The molecule has 0 atom stereocenters. The second-order valence-corrected chi connectivity index (χ2v) is 6.11. The van der Waals surface area contributed by atoms with Gasteiger partial charge in [0.05, 0.1) is 19.6 Å². The largest absolute Gasteiger partial charge is 0.466 e. The standard InChI is InChI=1S/C22H23NO5/c1-27-19(24)13-5-3-9-15-22(16-10-4-6-14-20(25)28-2)17-11-7-8-12-18(17)23-21(22)26/h3-14H,15-16H2,1-2H3,(H,23,26)/b9-3+,10-4+,13-5+,14-6+. The summed E-state index contributed by atoms with van der Waals surface area (Å²) in [7, 11) is 2.62. The highest BCUT2D eigenvalue weighted by atomic mass is 16.5. The predicted molar refractivity (Wildman–Crippen MR) is 107 cm³/mol. The van der Waals surface area contributed by atoms with E-state index >= 15 is 0 Å². The third-order valence-corrected chi connectivity index (χ3v) is 4.42. The number of rotatable bonds is 8. The lowest BCUT2D eigenvalue weighted by molar-refractivity contribution is -0.135. The molecule has 0 saturated carbocycles. The minimum absolute atomic E-state index is 0.0862. The van der Waals surface area contributed by atoms with Crippen molar-refractivity contribution in [2.75, 3.05) is 19.5 Å². The van der Waals surface area contributed by atoms with Gasteiger partial charge in [-0.3, -0.25) is 4.79 Å². The fraction of sp³-hybridized carbons (Fsp3) is 0.227. The van der Waals surface area contributed by atoms with Crippen molar-refractivity contribution in [3.8, 4) is 0 Å². The molecule has 1 N–H and O–H groups in total. The molecule has 6 heteroatoms. The van der Waals surface area contributed by atoms with Crippen molar-refractivity contribution < 1.29 is 23.9 Å². The summed E-state index contributed by atoms with van der Waals surface area (Å²) in [6.07, 6.45) is 13.8. The SMILES string of the molecule is COC(=O)/C=C/C=C/CC1(C/C=C/C=C/C(=O)OC)C(=O)Nc2ccccc21. The molecule has 0 radical (unpaired) electrons. The minimum atomic E-state index is -0.762. The van der Waals surface area contributed by atoms with Gasteiger partial charge in [-0.1, -0.05) is 54.7 Å². The van der Waals surface area contributed by atoms with Crippen LogP contribution in [0.3, 0.4) is 0 Å². The van der Waals surface area contributed by atoms with Gasteiger partial charge in [0.25, 0.3) is 0 Å². The topological polar surface area (TPSA) is 81.7 Å². The summed E-state index contributed by atoms with van der Waals surface area (Å²) in [6.45, 7) is 0. The highest BCUT2D eigenvalue weighted by Crippen LogP contribution is 2.43. The number of ether oxygens (including phenoxy) is 2. The van der Waals surface area contributed by atoms with E-state index in [0.29, 0.717) is 12.8 Å². The van der Waals surface area contributed by atoms with Gasteiger partial charge < -0.3 is 14.8 Å². The molecular formula is C22H23NO5. The number of carbonyl (C=O) groups excluding carboxylic acids is 3. The monoisotopic (exact) mass is 381 g/mol. The molecule has 2 rings (SSSR count). The van der Waals surface area contributed by atoms with Crippen LogP contribution < -0.4 is 5.32 Å². The molecule has 1 aromatic rings. The lowest BCUT2D eigenvalue weighted by atomic mass is 9.75. The van der Waals surface area contributed by atoms with Crippen molar-refractivity contribution in [2.24, 2.45) is 0 Å². The molecule has 1 heterocycles. The third-order valence-electron chi connectivity index (χ3n) is 4.42. The summed E-state index contributed by atoms with van der Waals surface area (Å²) < 4.78 is 9.08. The number of amides is 1. The maximum atomic E-state index is 12.8. The first-order valence-corrected chi connectivity index (χ1v) is 8.77. The molecule has 0 bridgehead atoms. The fourth-order valence-electron chi connectivity index (χ4n) is 2.96. The molecular weight excluding hydrogens is 358 g/mol. The average Bonchev–Trinajstić information content (AvgIpc) is 2.98. The van der Waals surface area contributed by atoms with Crippen LogP contribution >= 0.6 is 0 Å². The molecule has 28 heavy (non-hydrogen) atoms. The first-order chi connectivity index (χ1) is 13.5. The van der Waals surface area contributed by atoms with Gasteiger partial charge in [0.2, 0.25) is 5.91 Å². The third kappa shape index (κ3) is 5.07. The summed E-state index contributed by atoms with van der Waals surface area (Å²) in [6, 6.07) is 7.58. The Labute approximate surface area is 164 Å². The minimum Gasteiger partial charge on any atom is -0.466 e. The Morgan fingerprint density at radius 3 is 2.00 bits per heavy atom. The van der Waals surface area contributed by atoms with Crippen LogP contribution in [0.2, 0.25) is 0 Å². The molecule has 1 aliphatic heterocycles. The number of allylic oxidation sites excluding steroid dienone is 6. The molecule has 0 fully saturated rings. The van der Waals surface area contributed by atoms with Crippen molar-refractivity contribution in [1.82, 2.24) is 0 Å². The first-order valence-electron chi connectivity index (χ1n) is 8.77. The van der Waals surface area contributed by atoms with Crippen LogP contribution in [0.5, 0.6) is 0 Å². The smallest absolute Gasteiger partial charge is 0.330 e. The Kier molecular flexibility index (Phi) is 7.51. The number of methoxy groups -OCH3 is 2. The molecule has 0 aliphatic carbocycles. The van der Waals surface area contributed by atoms with E-state index in [9.17, 15) is 14.4 Å². The molecule has 0 unspecified atom stereocenters. The summed E-state index contributed by atoms with van der Waals surface area (Å²) >= 11 is 0. The van der Waals surface area contributed by atoms with Crippen LogP contribution in [0, 0.1) is 0 Å². The Morgan fingerprint density at radius 1 is 0.929 bits per heavy atom. The number of hydrogen-bond donors (Lipinski definition) is 1. The van der Waals surface area contributed by atoms with Crippen molar-refractivity contribution in [3.63, 3.8) is 0 Å². The number of para-hydroxylation sites is 1. The summed E-state index contributed by atoms with van der Waals surface area (Å²) in [5.41, 5.74) is 0.953. The molecule has 146 valence electrons.